The molecule has 0 heterocycles. The van der Waals surface area contributed by atoms with Crippen molar-refractivity contribution in [3.63, 3.8) is 0 Å². The molecule has 0 atom stereocenters. The number of halogens is 1. The third-order valence-corrected chi connectivity index (χ3v) is 1.72. The summed E-state index contributed by atoms with van der Waals surface area (Å²) in [5, 5.41) is 17.1. The van der Waals surface area contributed by atoms with Gasteiger partial charge in [0.05, 0.1) is 0 Å². The topological polar surface area (TPSA) is 86.0 Å². The quantitative estimate of drug-likeness (QED) is 0.597. The van der Waals surface area contributed by atoms with Crippen molar-refractivity contribution in [3.05, 3.63) is 47.0 Å². The second-order valence-corrected chi connectivity index (χ2v) is 2.77. The summed E-state index contributed by atoms with van der Waals surface area (Å²) in [4.78, 5) is 3.65. The molecular weight excluding hydrogens is 207 g/mol. The molecule has 0 radical (unpaired) electrons. The molecule has 0 fully saturated rings. The SMILES string of the molecule is N#C/C(N)=C(C#N)\N=C\c1ccccc1F. The standard InChI is InChI=1S/C11H7FN4/c12-9-4-2-1-3-8(9)7-16-11(6-14)10(15)5-13/h1-4,7H,15H2/b11-10+,16-7+. The first-order valence-electron chi connectivity index (χ1n) is 4.27. The highest BCUT2D eigenvalue weighted by Crippen LogP contribution is 2.05. The van der Waals surface area contributed by atoms with Gasteiger partial charge in [-0.05, 0) is 6.07 Å². The molecular formula is C11H7FN4. The van der Waals surface area contributed by atoms with E-state index in [1.807, 2.05) is 0 Å². The van der Waals surface area contributed by atoms with Crippen molar-refractivity contribution in [1.82, 2.24) is 0 Å². The van der Waals surface area contributed by atoms with Crippen LogP contribution in [0.5, 0.6) is 0 Å². The summed E-state index contributed by atoms with van der Waals surface area (Å²) in [5.74, 6) is -0.459. The van der Waals surface area contributed by atoms with Crippen LogP contribution in [-0.2, 0) is 0 Å². The third-order valence-electron chi connectivity index (χ3n) is 1.72. The third kappa shape index (κ3) is 2.66. The Balaban J connectivity index is 3.04. The Morgan fingerprint density at radius 1 is 1.31 bits per heavy atom. The van der Waals surface area contributed by atoms with E-state index in [9.17, 15) is 4.39 Å². The fourth-order valence-corrected chi connectivity index (χ4v) is 0.925. The summed E-state index contributed by atoms with van der Waals surface area (Å²) in [6, 6.07) is 9.19. The van der Waals surface area contributed by atoms with Crippen LogP contribution in [0.3, 0.4) is 0 Å². The van der Waals surface area contributed by atoms with Gasteiger partial charge in [-0.15, -0.1) is 0 Å². The molecule has 0 saturated heterocycles. The largest absolute Gasteiger partial charge is 0.388 e. The van der Waals surface area contributed by atoms with E-state index in [0.717, 1.165) is 6.21 Å². The molecule has 0 unspecified atom stereocenters. The zero-order valence-electron chi connectivity index (χ0n) is 8.18. The fourth-order valence-electron chi connectivity index (χ4n) is 0.925. The van der Waals surface area contributed by atoms with Crippen molar-refractivity contribution in [3.8, 4) is 12.1 Å². The molecule has 0 aliphatic heterocycles. The lowest BCUT2D eigenvalue weighted by Crippen LogP contribution is -1.98. The van der Waals surface area contributed by atoms with E-state index < -0.39 is 5.82 Å². The number of nitriles is 2. The van der Waals surface area contributed by atoms with Crippen molar-refractivity contribution < 1.29 is 4.39 Å². The molecule has 0 aliphatic carbocycles. The molecule has 2 N–H and O–H groups in total. The molecule has 4 nitrogen and oxygen atoms in total. The average molecular weight is 214 g/mol. The Bertz CT molecular complexity index is 532. The summed E-state index contributed by atoms with van der Waals surface area (Å²) in [5.41, 5.74) is 4.91. The molecule has 16 heavy (non-hydrogen) atoms. The number of nitrogens with two attached hydrogens (primary N) is 1. The maximum atomic E-state index is 13.1. The Morgan fingerprint density at radius 3 is 2.56 bits per heavy atom. The van der Waals surface area contributed by atoms with Crippen molar-refractivity contribution in [2.45, 2.75) is 0 Å². The predicted molar refractivity (Wildman–Crippen MR) is 56.4 cm³/mol. The molecule has 0 aromatic heterocycles. The minimum atomic E-state index is -0.459. The number of allylic oxidation sites excluding steroid dienone is 2. The lowest BCUT2D eigenvalue weighted by Gasteiger charge is -1.94. The van der Waals surface area contributed by atoms with Gasteiger partial charge in [0.15, 0.2) is 5.70 Å². The monoisotopic (exact) mass is 214 g/mol. The van der Waals surface area contributed by atoms with Gasteiger partial charge in [0.1, 0.15) is 23.7 Å². The van der Waals surface area contributed by atoms with E-state index in [2.05, 4.69) is 4.99 Å². The zero-order chi connectivity index (χ0) is 12.0. The molecule has 1 aromatic rings. The molecule has 0 spiro atoms. The second kappa shape index (κ2) is 5.28. The van der Waals surface area contributed by atoms with Crippen LogP contribution in [0.4, 0.5) is 4.39 Å². The molecule has 78 valence electrons. The molecule has 0 amide bonds. The van der Waals surface area contributed by atoms with Crippen LogP contribution in [0.1, 0.15) is 5.56 Å². The zero-order valence-corrected chi connectivity index (χ0v) is 8.18. The van der Waals surface area contributed by atoms with Gasteiger partial charge in [-0.2, -0.15) is 10.5 Å². The number of hydrogen-bond acceptors (Lipinski definition) is 4. The molecule has 0 bridgehead atoms. The van der Waals surface area contributed by atoms with E-state index in [-0.39, 0.29) is 17.0 Å². The first kappa shape index (κ1) is 11.4. The van der Waals surface area contributed by atoms with Gasteiger partial charge in [0, 0.05) is 11.8 Å². The van der Waals surface area contributed by atoms with Gasteiger partial charge in [-0.1, -0.05) is 18.2 Å². The summed E-state index contributed by atoms with van der Waals surface area (Å²) in [6.45, 7) is 0. The van der Waals surface area contributed by atoms with Gasteiger partial charge in [0.25, 0.3) is 0 Å². The van der Waals surface area contributed by atoms with E-state index in [4.69, 9.17) is 16.3 Å². The maximum Gasteiger partial charge on any atom is 0.174 e. The smallest absolute Gasteiger partial charge is 0.174 e. The highest BCUT2D eigenvalue weighted by molar-refractivity contribution is 5.81. The highest BCUT2D eigenvalue weighted by atomic mass is 19.1. The Morgan fingerprint density at radius 2 is 2.00 bits per heavy atom. The first-order valence-corrected chi connectivity index (χ1v) is 4.27. The molecule has 1 rings (SSSR count). The van der Waals surface area contributed by atoms with Crippen LogP contribution < -0.4 is 5.73 Å². The highest BCUT2D eigenvalue weighted by Gasteiger charge is 2.00. The van der Waals surface area contributed by atoms with Gasteiger partial charge in [0.2, 0.25) is 0 Å². The molecule has 0 saturated carbocycles. The van der Waals surface area contributed by atoms with Crippen LogP contribution in [0.2, 0.25) is 0 Å². The Kier molecular flexibility index (Phi) is 3.77. The van der Waals surface area contributed by atoms with E-state index in [1.54, 1.807) is 18.2 Å². The maximum absolute atomic E-state index is 13.1. The molecule has 0 aliphatic rings. The van der Waals surface area contributed by atoms with Crippen LogP contribution in [0.15, 0.2) is 40.7 Å². The normalized spacial score (nSPS) is 11.7. The van der Waals surface area contributed by atoms with Crippen LogP contribution in [-0.4, -0.2) is 6.21 Å². The van der Waals surface area contributed by atoms with Crippen molar-refractivity contribution in [2.75, 3.05) is 0 Å². The minimum Gasteiger partial charge on any atom is -0.388 e. The van der Waals surface area contributed by atoms with Crippen LogP contribution in [0, 0.1) is 28.5 Å². The lowest BCUT2D eigenvalue weighted by molar-refractivity contribution is 0.626. The minimum absolute atomic E-state index is 0.223. The van der Waals surface area contributed by atoms with Crippen molar-refractivity contribution in [2.24, 2.45) is 10.7 Å². The number of aliphatic imine (C=N–C) groups is 1. The number of rotatable bonds is 2. The predicted octanol–water partition coefficient (Wildman–Crippen LogP) is 1.46. The van der Waals surface area contributed by atoms with Gasteiger partial charge in [-0.25, -0.2) is 9.38 Å². The molecule has 5 heteroatoms. The lowest BCUT2D eigenvalue weighted by atomic mass is 10.2. The molecule has 1 aromatic carbocycles. The van der Waals surface area contributed by atoms with Crippen LogP contribution >= 0.6 is 0 Å². The van der Waals surface area contributed by atoms with Crippen molar-refractivity contribution in [1.29, 1.82) is 10.5 Å². The number of nitrogens with zero attached hydrogens (tertiary/aromatic N) is 3. The van der Waals surface area contributed by atoms with Crippen LogP contribution in [0.25, 0.3) is 0 Å². The second-order valence-electron chi connectivity index (χ2n) is 2.77. The van der Waals surface area contributed by atoms with Gasteiger partial charge in [-0.3, -0.25) is 0 Å². The van der Waals surface area contributed by atoms with Gasteiger partial charge < -0.3 is 5.73 Å². The Hall–Kier alpha value is -2.66. The van der Waals surface area contributed by atoms with E-state index in [0.29, 0.717) is 0 Å². The van der Waals surface area contributed by atoms with E-state index in [1.165, 1.54) is 18.2 Å². The summed E-state index contributed by atoms with van der Waals surface area (Å²) < 4.78 is 13.1. The number of benzene rings is 1. The average Bonchev–Trinajstić information content (AvgIpc) is 2.31. The first-order chi connectivity index (χ1) is 7.69. The summed E-state index contributed by atoms with van der Waals surface area (Å²) >= 11 is 0. The summed E-state index contributed by atoms with van der Waals surface area (Å²) in [7, 11) is 0. The van der Waals surface area contributed by atoms with E-state index >= 15 is 0 Å². The Labute approximate surface area is 91.8 Å². The number of hydrogen-bond donors (Lipinski definition) is 1. The van der Waals surface area contributed by atoms with Gasteiger partial charge >= 0.3 is 0 Å². The summed E-state index contributed by atoms with van der Waals surface area (Å²) in [6.07, 6.45) is 1.15. The fraction of sp³-hybridized carbons (Fsp3) is 0. The van der Waals surface area contributed by atoms with Crippen molar-refractivity contribution >= 4 is 6.21 Å².